The molecule has 0 unspecified atom stereocenters. The van der Waals surface area contributed by atoms with Crippen LogP contribution in [-0.2, 0) is 6.18 Å². The average molecular weight is 378 g/mol. The summed E-state index contributed by atoms with van der Waals surface area (Å²) < 4.78 is 44.6. The number of ether oxygens (including phenoxy) is 1. The van der Waals surface area contributed by atoms with E-state index < -0.39 is 11.7 Å². The number of aromatic amines is 1. The fraction of sp³-hybridized carbons (Fsp3) is 0.118. The monoisotopic (exact) mass is 378 g/mol. The molecule has 0 aliphatic rings. The van der Waals surface area contributed by atoms with E-state index in [0.29, 0.717) is 17.1 Å². The van der Waals surface area contributed by atoms with Gasteiger partial charge in [-0.15, -0.1) is 0 Å². The third-order valence-corrected chi connectivity index (χ3v) is 3.82. The van der Waals surface area contributed by atoms with Gasteiger partial charge >= 0.3 is 6.18 Å². The Morgan fingerprint density at radius 2 is 1.77 bits per heavy atom. The van der Waals surface area contributed by atoms with Crippen LogP contribution in [0.25, 0.3) is 11.4 Å². The first-order valence-electron chi connectivity index (χ1n) is 7.42. The van der Waals surface area contributed by atoms with Crippen LogP contribution in [0.2, 0.25) is 0 Å². The summed E-state index contributed by atoms with van der Waals surface area (Å²) in [6.07, 6.45) is -2.96. The van der Waals surface area contributed by atoms with Gasteiger partial charge in [0, 0.05) is 5.56 Å². The lowest BCUT2D eigenvalue weighted by Crippen LogP contribution is -2.04. The van der Waals surface area contributed by atoms with Crippen LogP contribution in [0.3, 0.4) is 0 Å². The molecule has 3 rings (SSSR count). The van der Waals surface area contributed by atoms with Crippen LogP contribution < -0.4 is 4.74 Å². The first-order valence-corrected chi connectivity index (χ1v) is 7.83. The number of benzene rings is 2. The highest BCUT2D eigenvalue weighted by Crippen LogP contribution is 2.29. The van der Waals surface area contributed by atoms with E-state index in [1.54, 1.807) is 31.4 Å². The smallest absolute Gasteiger partial charge is 0.416 e. The van der Waals surface area contributed by atoms with E-state index in [1.165, 1.54) is 23.0 Å². The first-order chi connectivity index (χ1) is 12.4. The van der Waals surface area contributed by atoms with Gasteiger partial charge < -0.3 is 4.74 Å². The largest absolute Gasteiger partial charge is 0.497 e. The molecule has 0 atom stereocenters. The zero-order valence-corrected chi connectivity index (χ0v) is 14.3. The summed E-state index contributed by atoms with van der Waals surface area (Å²) in [7, 11) is 1.57. The van der Waals surface area contributed by atoms with E-state index in [2.05, 4.69) is 15.3 Å². The SMILES string of the molecule is COc1ccc(-c2n[nH]c(=S)n2/N=C\c2ccc(C(F)(F)F)cc2)cc1. The Morgan fingerprint density at radius 1 is 1.12 bits per heavy atom. The fourth-order valence-corrected chi connectivity index (χ4v) is 2.39. The molecule has 9 heteroatoms. The summed E-state index contributed by atoms with van der Waals surface area (Å²) >= 11 is 5.16. The molecule has 1 N–H and O–H groups in total. The molecule has 0 aliphatic carbocycles. The number of nitrogens with zero attached hydrogens (tertiary/aromatic N) is 3. The van der Waals surface area contributed by atoms with Crippen molar-refractivity contribution >= 4 is 18.4 Å². The minimum absolute atomic E-state index is 0.263. The van der Waals surface area contributed by atoms with E-state index in [9.17, 15) is 13.2 Å². The van der Waals surface area contributed by atoms with E-state index >= 15 is 0 Å². The normalized spacial score (nSPS) is 11.8. The second-order valence-corrected chi connectivity index (χ2v) is 5.64. The van der Waals surface area contributed by atoms with Crippen LogP contribution in [0.1, 0.15) is 11.1 Å². The van der Waals surface area contributed by atoms with Crippen LogP contribution in [-0.4, -0.2) is 28.2 Å². The number of halogens is 3. The molecule has 0 amide bonds. The second-order valence-electron chi connectivity index (χ2n) is 5.26. The quantitative estimate of drug-likeness (QED) is 0.537. The summed E-state index contributed by atoms with van der Waals surface area (Å²) in [6, 6.07) is 11.8. The molecule has 134 valence electrons. The number of H-pyrrole nitrogens is 1. The molecule has 26 heavy (non-hydrogen) atoms. The van der Waals surface area contributed by atoms with Gasteiger partial charge in [0.1, 0.15) is 5.75 Å². The highest BCUT2D eigenvalue weighted by atomic mass is 32.1. The zero-order chi connectivity index (χ0) is 18.7. The molecule has 2 aromatic carbocycles. The number of nitrogens with one attached hydrogen (secondary N) is 1. The van der Waals surface area contributed by atoms with Gasteiger partial charge in [-0.05, 0) is 54.2 Å². The van der Waals surface area contributed by atoms with E-state index in [-0.39, 0.29) is 4.77 Å². The predicted molar refractivity (Wildman–Crippen MR) is 93.8 cm³/mol. The molecule has 1 heterocycles. The third kappa shape index (κ3) is 3.83. The number of rotatable bonds is 4. The van der Waals surface area contributed by atoms with E-state index in [1.807, 2.05) is 0 Å². The Kier molecular flexibility index (Phi) is 4.90. The van der Waals surface area contributed by atoms with Crippen LogP contribution in [0.4, 0.5) is 13.2 Å². The van der Waals surface area contributed by atoms with Crippen molar-refractivity contribution in [1.82, 2.24) is 14.9 Å². The van der Waals surface area contributed by atoms with Crippen molar-refractivity contribution in [3.05, 3.63) is 64.4 Å². The lowest BCUT2D eigenvalue weighted by molar-refractivity contribution is -0.137. The van der Waals surface area contributed by atoms with Crippen LogP contribution >= 0.6 is 12.2 Å². The fourth-order valence-electron chi connectivity index (χ4n) is 2.21. The van der Waals surface area contributed by atoms with Crippen molar-refractivity contribution in [3.8, 4) is 17.1 Å². The number of hydrogen-bond donors (Lipinski definition) is 1. The predicted octanol–water partition coefficient (Wildman–Crippen LogP) is 4.52. The van der Waals surface area contributed by atoms with Crippen molar-refractivity contribution in [2.45, 2.75) is 6.18 Å². The third-order valence-electron chi connectivity index (χ3n) is 3.56. The Balaban J connectivity index is 1.89. The number of alkyl halides is 3. The van der Waals surface area contributed by atoms with Crippen molar-refractivity contribution in [1.29, 1.82) is 0 Å². The summed E-state index contributed by atoms with van der Waals surface area (Å²) in [6.45, 7) is 0. The molecule has 0 bridgehead atoms. The lowest BCUT2D eigenvalue weighted by Gasteiger charge is -2.06. The van der Waals surface area contributed by atoms with Crippen LogP contribution in [0, 0.1) is 4.77 Å². The maximum atomic E-state index is 12.6. The molecular weight excluding hydrogens is 365 g/mol. The Hall–Kier alpha value is -2.94. The van der Waals surface area contributed by atoms with Crippen molar-refractivity contribution in [2.75, 3.05) is 7.11 Å². The van der Waals surface area contributed by atoms with Gasteiger partial charge in [0.05, 0.1) is 18.9 Å². The molecule has 0 spiro atoms. The molecule has 0 saturated carbocycles. The average Bonchev–Trinajstić information content (AvgIpc) is 3.00. The Morgan fingerprint density at radius 3 is 2.35 bits per heavy atom. The second kappa shape index (κ2) is 7.12. The number of methoxy groups -OCH3 is 1. The highest BCUT2D eigenvalue weighted by Gasteiger charge is 2.29. The molecule has 1 aromatic heterocycles. The summed E-state index contributed by atoms with van der Waals surface area (Å²) in [5, 5.41) is 11.0. The number of hydrogen-bond acceptors (Lipinski definition) is 4. The summed E-state index contributed by atoms with van der Waals surface area (Å²) in [5.74, 6) is 1.17. The molecular formula is C17H13F3N4OS. The molecule has 0 aliphatic heterocycles. The van der Waals surface area contributed by atoms with Crippen molar-refractivity contribution < 1.29 is 17.9 Å². The molecule has 5 nitrogen and oxygen atoms in total. The minimum Gasteiger partial charge on any atom is -0.497 e. The summed E-state index contributed by atoms with van der Waals surface area (Å²) in [4.78, 5) is 0. The van der Waals surface area contributed by atoms with Crippen LogP contribution in [0.5, 0.6) is 5.75 Å². The molecule has 3 aromatic rings. The first kappa shape index (κ1) is 17.9. The number of aromatic nitrogens is 3. The molecule has 0 saturated heterocycles. The van der Waals surface area contributed by atoms with E-state index in [0.717, 1.165) is 17.7 Å². The maximum Gasteiger partial charge on any atom is 0.416 e. The van der Waals surface area contributed by atoms with Gasteiger partial charge in [-0.2, -0.15) is 28.0 Å². The Labute approximate surface area is 151 Å². The lowest BCUT2D eigenvalue weighted by atomic mass is 10.1. The molecule has 0 fully saturated rings. The van der Waals surface area contributed by atoms with Gasteiger partial charge in [-0.25, -0.2) is 5.10 Å². The summed E-state index contributed by atoms with van der Waals surface area (Å²) in [5.41, 5.74) is 0.540. The van der Waals surface area contributed by atoms with Gasteiger partial charge in [0.25, 0.3) is 0 Å². The van der Waals surface area contributed by atoms with E-state index in [4.69, 9.17) is 17.0 Å². The standard InChI is InChI=1S/C17H13F3N4OS/c1-25-14-8-4-12(5-9-14)15-22-23-16(26)24(15)21-10-11-2-6-13(7-3-11)17(18,19)20/h2-10H,1H3,(H,23,26)/b21-10-. The van der Waals surface area contributed by atoms with Crippen molar-refractivity contribution in [3.63, 3.8) is 0 Å². The highest BCUT2D eigenvalue weighted by molar-refractivity contribution is 7.71. The van der Waals surface area contributed by atoms with Gasteiger partial charge in [-0.3, -0.25) is 0 Å². The zero-order valence-electron chi connectivity index (χ0n) is 13.5. The molecule has 0 radical (unpaired) electrons. The van der Waals surface area contributed by atoms with Crippen molar-refractivity contribution in [2.24, 2.45) is 5.10 Å². The van der Waals surface area contributed by atoms with Gasteiger partial charge in [0.15, 0.2) is 5.82 Å². The Bertz CT molecular complexity index is 973. The minimum atomic E-state index is -4.37. The van der Waals surface area contributed by atoms with Gasteiger partial charge in [-0.1, -0.05) is 12.1 Å². The topological polar surface area (TPSA) is 55.2 Å². The van der Waals surface area contributed by atoms with Gasteiger partial charge in [0.2, 0.25) is 4.77 Å². The van der Waals surface area contributed by atoms with Crippen LogP contribution in [0.15, 0.2) is 53.6 Å². The maximum absolute atomic E-state index is 12.6.